The number of allylic oxidation sites excluding steroid dienone is 3. The van der Waals surface area contributed by atoms with Gasteiger partial charge in [0.1, 0.15) is 17.1 Å². The van der Waals surface area contributed by atoms with Gasteiger partial charge in [0.2, 0.25) is 5.79 Å². The molecule has 0 bridgehead atoms. The highest BCUT2D eigenvalue weighted by atomic mass is 16.7. The van der Waals surface area contributed by atoms with Crippen LogP contribution in [0.4, 0.5) is 0 Å². The van der Waals surface area contributed by atoms with Crippen molar-refractivity contribution in [1.29, 1.82) is 0 Å². The second kappa shape index (κ2) is 10.8. The number of hydrogen-bond acceptors (Lipinski definition) is 4. The maximum atomic E-state index is 6.40. The van der Waals surface area contributed by atoms with E-state index in [4.69, 9.17) is 18.9 Å². The van der Waals surface area contributed by atoms with Crippen molar-refractivity contribution in [2.75, 3.05) is 13.2 Å². The molecule has 1 aliphatic heterocycles. The monoisotopic (exact) mass is 464 g/mol. The van der Waals surface area contributed by atoms with Crippen LogP contribution in [0.2, 0.25) is 0 Å². The molecule has 0 spiro atoms. The molecule has 0 amide bonds. The van der Waals surface area contributed by atoms with Crippen LogP contribution in [0, 0.1) is 12.8 Å². The minimum absolute atomic E-state index is 0.128. The van der Waals surface area contributed by atoms with Crippen molar-refractivity contribution in [3.05, 3.63) is 83.0 Å². The maximum Gasteiger partial charge on any atom is 0.222 e. The Morgan fingerprint density at radius 3 is 2.12 bits per heavy atom. The first kappa shape index (κ1) is 26.1. The highest BCUT2D eigenvalue weighted by Crippen LogP contribution is 2.40. The first-order valence-electron chi connectivity index (χ1n) is 12.3. The summed E-state index contributed by atoms with van der Waals surface area (Å²) in [4.78, 5) is 0. The molecule has 1 aliphatic rings. The molecule has 0 atom stereocenters. The molecule has 0 saturated carbocycles. The molecule has 3 rings (SSSR count). The van der Waals surface area contributed by atoms with Crippen molar-refractivity contribution in [3.63, 3.8) is 0 Å². The topological polar surface area (TPSA) is 36.9 Å². The van der Waals surface area contributed by atoms with Gasteiger partial charge >= 0.3 is 0 Å². The summed E-state index contributed by atoms with van der Waals surface area (Å²) in [7, 11) is 0. The molecule has 0 unspecified atom stereocenters. The van der Waals surface area contributed by atoms with Crippen LogP contribution in [0.1, 0.15) is 65.2 Å². The first-order chi connectivity index (χ1) is 16.1. The number of hydrogen-bond donors (Lipinski definition) is 0. The third-order valence-electron chi connectivity index (χ3n) is 5.91. The summed E-state index contributed by atoms with van der Waals surface area (Å²) in [6.07, 6.45) is 6.57. The molecule has 0 N–H and O–H groups in total. The fourth-order valence-corrected chi connectivity index (χ4v) is 4.14. The normalized spacial score (nSPS) is 16.6. The van der Waals surface area contributed by atoms with Crippen LogP contribution in [0.3, 0.4) is 0 Å². The maximum absolute atomic E-state index is 6.40. The van der Waals surface area contributed by atoms with Crippen molar-refractivity contribution in [2.45, 2.75) is 72.9 Å². The molecular formula is C30H40O4. The van der Waals surface area contributed by atoms with Gasteiger partial charge in [-0.05, 0) is 107 Å². The molecule has 0 aromatic heterocycles. The lowest BCUT2D eigenvalue weighted by Crippen LogP contribution is -2.29. The highest BCUT2D eigenvalue weighted by molar-refractivity contribution is 5.44. The van der Waals surface area contributed by atoms with Gasteiger partial charge in [-0.25, -0.2) is 0 Å². The standard InChI is InChI=1S/C30H40O4/c1-9-24(21(2)3)16-17-29(7,8)34-28-15-12-26(20-23(28)6)30(31-18-19-32-30)25-10-13-27(14-11-25)33-22(4)5/h9-17,20-22H,18-19H2,1-8H3/b17-16-,24-9+. The van der Waals surface area contributed by atoms with Crippen LogP contribution in [-0.2, 0) is 15.3 Å². The second-order valence-electron chi connectivity index (χ2n) is 9.97. The van der Waals surface area contributed by atoms with Crippen LogP contribution in [0.5, 0.6) is 11.5 Å². The van der Waals surface area contributed by atoms with E-state index in [1.165, 1.54) is 5.57 Å². The van der Waals surface area contributed by atoms with E-state index in [0.29, 0.717) is 19.1 Å². The molecule has 0 radical (unpaired) electrons. The zero-order valence-electron chi connectivity index (χ0n) is 22.0. The van der Waals surface area contributed by atoms with Gasteiger partial charge in [-0.1, -0.05) is 26.0 Å². The van der Waals surface area contributed by atoms with Gasteiger partial charge in [0.15, 0.2) is 0 Å². The van der Waals surface area contributed by atoms with Crippen molar-refractivity contribution in [3.8, 4) is 11.5 Å². The number of ether oxygens (including phenoxy) is 4. The number of rotatable bonds is 9. The van der Waals surface area contributed by atoms with Gasteiger partial charge in [0, 0.05) is 11.1 Å². The van der Waals surface area contributed by atoms with Crippen molar-refractivity contribution in [1.82, 2.24) is 0 Å². The summed E-state index contributed by atoms with van der Waals surface area (Å²) >= 11 is 0. The molecule has 184 valence electrons. The van der Waals surface area contributed by atoms with E-state index in [0.717, 1.165) is 28.2 Å². The predicted molar refractivity (Wildman–Crippen MR) is 139 cm³/mol. The summed E-state index contributed by atoms with van der Waals surface area (Å²) in [6, 6.07) is 14.1. The molecule has 1 heterocycles. The van der Waals surface area contributed by atoms with Crippen molar-refractivity contribution in [2.24, 2.45) is 5.92 Å². The Labute approximate surface area is 205 Å². The second-order valence-corrected chi connectivity index (χ2v) is 9.97. The van der Waals surface area contributed by atoms with E-state index in [-0.39, 0.29) is 6.10 Å². The minimum atomic E-state index is -0.923. The van der Waals surface area contributed by atoms with Gasteiger partial charge < -0.3 is 18.9 Å². The van der Waals surface area contributed by atoms with Crippen LogP contribution in [0.25, 0.3) is 0 Å². The van der Waals surface area contributed by atoms with Gasteiger partial charge in [-0.15, -0.1) is 0 Å². The molecule has 4 nitrogen and oxygen atoms in total. The molecule has 4 heteroatoms. The summed E-state index contributed by atoms with van der Waals surface area (Å²) in [5, 5.41) is 0. The minimum Gasteiger partial charge on any atom is -0.491 e. The Hall–Kier alpha value is -2.56. The molecule has 2 aromatic carbocycles. The van der Waals surface area contributed by atoms with E-state index in [9.17, 15) is 0 Å². The van der Waals surface area contributed by atoms with E-state index in [2.05, 4.69) is 65.8 Å². The largest absolute Gasteiger partial charge is 0.491 e. The average Bonchev–Trinajstić information content (AvgIpc) is 3.26. The Morgan fingerprint density at radius 1 is 0.971 bits per heavy atom. The lowest BCUT2D eigenvalue weighted by atomic mass is 9.95. The third kappa shape index (κ3) is 6.11. The number of benzene rings is 2. The van der Waals surface area contributed by atoms with Gasteiger partial charge in [-0.3, -0.25) is 0 Å². The van der Waals surface area contributed by atoms with E-state index in [1.807, 2.05) is 50.2 Å². The zero-order valence-corrected chi connectivity index (χ0v) is 22.0. The van der Waals surface area contributed by atoms with Gasteiger partial charge in [-0.2, -0.15) is 0 Å². The van der Waals surface area contributed by atoms with E-state index < -0.39 is 11.4 Å². The highest BCUT2D eigenvalue weighted by Gasteiger charge is 2.41. The third-order valence-corrected chi connectivity index (χ3v) is 5.91. The quantitative estimate of drug-likeness (QED) is 0.364. The summed E-state index contributed by atoms with van der Waals surface area (Å²) in [6.45, 7) is 17.8. The molecule has 34 heavy (non-hydrogen) atoms. The summed E-state index contributed by atoms with van der Waals surface area (Å²) in [5.41, 5.74) is 3.79. The lowest BCUT2D eigenvalue weighted by molar-refractivity contribution is -0.130. The molecular weight excluding hydrogens is 424 g/mol. The number of aryl methyl sites for hydroxylation is 1. The van der Waals surface area contributed by atoms with Crippen LogP contribution in [0.15, 0.2) is 66.3 Å². The van der Waals surface area contributed by atoms with E-state index in [1.54, 1.807) is 0 Å². The van der Waals surface area contributed by atoms with Crippen LogP contribution in [-0.4, -0.2) is 24.9 Å². The smallest absolute Gasteiger partial charge is 0.222 e. The zero-order chi connectivity index (χ0) is 24.9. The van der Waals surface area contributed by atoms with Crippen molar-refractivity contribution < 1.29 is 18.9 Å². The average molecular weight is 465 g/mol. The Balaban J connectivity index is 1.85. The van der Waals surface area contributed by atoms with Gasteiger partial charge in [0.25, 0.3) is 0 Å². The van der Waals surface area contributed by atoms with Crippen molar-refractivity contribution >= 4 is 0 Å². The Morgan fingerprint density at radius 2 is 1.59 bits per heavy atom. The SMILES string of the molecule is C/C=C(\C=C/C(C)(C)Oc1ccc(C2(c3ccc(OC(C)C)cc3)OCCO2)cc1C)C(C)C. The Kier molecular flexibility index (Phi) is 8.27. The molecule has 1 saturated heterocycles. The molecule has 2 aromatic rings. The van der Waals surface area contributed by atoms with Crippen LogP contribution >= 0.6 is 0 Å². The fraction of sp³-hybridized carbons (Fsp3) is 0.467. The van der Waals surface area contributed by atoms with E-state index >= 15 is 0 Å². The first-order valence-corrected chi connectivity index (χ1v) is 12.3. The summed E-state index contributed by atoms with van der Waals surface area (Å²) in [5.74, 6) is 1.23. The predicted octanol–water partition coefficient (Wildman–Crippen LogP) is 7.35. The lowest BCUT2D eigenvalue weighted by Gasteiger charge is -2.30. The van der Waals surface area contributed by atoms with Gasteiger partial charge in [0.05, 0.1) is 19.3 Å². The fourth-order valence-electron chi connectivity index (χ4n) is 4.14. The molecule has 0 aliphatic carbocycles. The molecule has 1 fully saturated rings. The summed E-state index contributed by atoms with van der Waals surface area (Å²) < 4.78 is 24.6. The Bertz CT molecular complexity index is 1010. The van der Waals surface area contributed by atoms with Crippen LogP contribution < -0.4 is 9.47 Å².